The number of para-hydroxylation sites is 1. The van der Waals surface area contributed by atoms with Gasteiger partial charge in [0.15, 0.2) is 11.6 Å². The molecule has 6 nitrogen and oxygen atoms in total. The Balaban J connectivity index is 1.84. The highest BCUT2D eigenvalue weighted by atomic mass is 19.1. The van der Waals surface area contributed by atoms with E-state index in [0.717, 1.165) is 0 Å². The fraction of sp³-hybridized carbons (Fsp3) is 0.286. The number of halogens is 1. The van der Waals surface area contributed by atoms with Gasteiger partial charge in [-0.1, -0.05) is 12.1 Å². The van der Waals surface area contributed by atoms with Crippen molar-refractivity contribution in [3.8, 4) is 5.75 Å². The Morgan fingerprint density at radius 2 is 2.29 bits per heavy atom. The summed E-state index contributed by atoms with van der Waals surface area (Å²) in [4.78, 5) is 20.5. The number of phenolic OH excluding ortho intramolecular Hbond substituents is 1. The second-order valence-corrected chi connectivity index (χ2v) is 5.08. The summed E-state index contributed by atoms with van der Waals surface area (Å²) in [5, 5.41) is 9.72. The molecule has 1 aliphatic heterocycles. The van der Waals surface area contributed by atoms with Gasteiger partial charge in [-0.3, -0.25) is 14.7 Å². The van der Waals surface area contributed by atoms with Gasteiger partial charge in [0.2, 0.25) is 5.95 Å². The first-order valence-corrected chi connectivity index (χ1v) is 6.61. The van der Waals surface area contributed by atoms with Crippen molar-refractivity contribution >= 4 is 5.95 Å². The number of aromatic amines is 1. The standard InChI is InChI=1S/C14H15FN4O2/c15-10-3-1-2-8(12(10)20)6-19-5-4-11-9(7-19)13(21)18-14(16)17-11/h1-3,20H,4-7H2,(H3,16,17,18,21). The topological polar surface area (TPSA) is 95.2 Å². The van der Waals surface area contributed by atoms with Crippen molar-refractivity contribution in [1.82, 2.24) is 14.9 Å². The van der Waals surface area contributed by atoms with Crippen LogP contribution >= 0.6 is 0 Å². The monoisotopic (exact) mass is 290 g/mol. The zero-order valence-electron chi connectivity index (χ0n) is 11.3. The molecular weight excluding hydrogens is 275 g/mol. The summed E-state index contributed by atoms with van der Waals surface area (Å²) >= 11 is 0. The van der Waals surface area contributed by atoms with Crippen LogP contribution in [-0.2, 0) is 19.5 Å². The van der Waals surface area contributed by atoms with Gasteiger partial charge in [-0.2, -0.15) is 0 Å². The number of aromatic hydroxyl groups is 1. The van der Waals surface area contributed by atoms with E-state index in [0.29, 0.717) is 42.9 Å². The smallest absolute Gasteiger partial charge is 0.257 e. The molecule has 0 unspecified atom stereocenters. The second-order valence-electron chi connectivity index (χ2n) is 5.08. The predicted molar refractivity (Wildman–Crippen MR) is 75.2 cm³/mol. The Morgan fingerprint density at radius 1 is 1.48 bits per heavy atom. The number of fused-ring (bicyclic) bond motifs is 1. The van der Waals surface area contributed by atoms with Crippen LogP contribution in [0.5, 0.6) is 5.75 Å². The molecule has 1 aromatic carbocycles. The quantitative estimate of drug-likeness (QED) is 0.759. The van der Waals surface area contributed by atoms with Crippen LogP contribution in [0.25, 0.3) is 0 Å². The van der Waals surface area contributed by atoms with Crippen LogP contribution in [0.2, 0.25) is 0 Å². The fourth-order valence-corrected chi connectivity index (χ4v) is 2.56. The molecule has 0 amide bonds. The summed E-state index contributed by atoms with van der Waals surface area (Å²) in [5.41, 5.74) is 7.06. The van der Waals surface area contributed by atoms with Gasteiger partial charge in [0.1, 0.15) is 0 Å². The number of nitrogens with one attached hydrogen (secondary N) is 1. The predicted octanol–water partition coefficient (Wildman–Crippen LogP) is 0.755. The Hall–Kier alpha value is -2.41. The molecule has 21 heavy (non-hydrogen) atoms. The third-order valence-electron chi connectivity index (χ3n) is 3.63. The van der Waals surface area contributed by atoms with E-state index in [9.17, 15) is 14.3 Å². The molecule has 0 spiro atoms. The van der Waals surface area contributed by atoms with Gasteiger partial charge in [-0.05, 0) is 6.07 Å². The molecule has 3 rings (SSSR count). The first kappa shape index (κ1) is 13.6. The Bertz CT molecular complexity index is 744. The molecule has 4 N–H and O–H groups in total. The largest absolute Gasteiger partial charge is 0.505 e. The normalized spacial score (nSPS) is 14.9. The van der Waals surface area contributed by atoms with Crippen molar-refractivity contribution in [2.24, 2.45) is 0 Å². The van der Waals surface area contributed by atoms with E-state index in [1.807, 2.05) is 4.90 Å². The maximum absolute atomic E-state index is 13.3. The van der Waals surface area contributed by atoms with Gasteiger partial charge in [-0.25, -0.2) is 9.37 Å². The maximum Gasteiger partial charge on any atom is 0.257 e. The lowest BCUT2D eigenvalue weighted by molar-refractivity contribution is 0.238. The van der Waals surface area contributed by atoms with Crippen LogP contribution < -0.4 is 11.3 Å². The lowest BCUT2D eigenvalue weighted by Crippen LogP contribution is -2.35. The van der Waals surface area contributed by atoms with E-state index in [1.165, 1.54) is 6.07 Å². The van der Waals surface area contributed by atoms with Gasteiger partial charge in [-0.15, -0.1) is 0 Å². The molecule has 0 aliphatic carbocycles. The Labute approximate surface area is 120 Å². The van der Waals surface area contributed by atoms with Crippen molar-refractivity contribution in [1.29, 1.82) is 0 Å². The molecular formula is C14H15FN4O2. The minimum Gasteiger partial charge on any atom is -0.505 e. The van der Waals surface area contributed by atoms with E-state index >= 15 is 0 Å². The van der Waals surface area contributed by atoms with E-state index in [-0.39, 0.29) is 17.3 Å². The lowest BCUT2D eigenvalue weighted by Gasteiger charge is -2.27. The number of phenols is 1. The lowest BCUT2D eigenvalue weighted by atomic mass is 10.1. The zero-order chi connectivity index (χ0) is 15.0. The van der Waals surface area contributed by atoms with Crippen molar-refractivity contribution in [3.05, 3.63) is 51.2 Å². The Kier molecular flexibility index (Phi) is 3.34. The van der Waals surface area contributed by atoms with Crippen LogP contribution in [0.15, 0.2) is 23.0 Å². The molecule has 0 atom stereocenters. The molecule has 0 saturated heterocycles. The van der Waals surface area contributed by atoms with Crippen molar-refractivity contribution in [2.75, 3.05) is 12.3 Å². The van der Waals surface area contributed by atoms with Crippen molar-refractivity contribution in [2.45, 2.75) is 19.5 Å². The third kappa shape index (κ3) is 2.59. The molecule has 2 aromatic rings. The number of nitrogens with two attached hydrogens (primary N) is 1. The molecule has 1 aromatic heterocycles. The highest BCUT2D eigenvalue weighted by Gasteiger charge is 2.22. The fourth-order valence-electron chi connectivity index (χ4n) is 2.56. The van der Waals surface area contributed by atoms with Gasteiger partial charge in [0.05, 0.1) is 11.3 Å². The van der Waals surface area contributed by atoms with Crippen molar-refractivity contribution < 1.29 is 9.50 Å². The van der Waals surface area contributed by atoms with Crippen LogP contribution in [0, 0.1) is 5.82 Å². The Morgan fingerprint density at radius 3 is 3.10 bits per heavy atom. The van der Waals surface area contributed by atoms with Gasteiger partial charge >= 0.3 is 0 Å². The SMILES string of the molecule is Nc1nc2c(c(=O)[nH]1)CN(Cc1cccc(F)c1O)CC2. The molecule has 0 saturated carbocycles. The zero-order valence-corrected chi connectivity index (χ0v) is 11.3. The summed E-state index contributed by atoms with van der Waals surface area (Å²) in [7, 11) is 0. The first-order valence-electron chi connectivity index (χ1n) is 6.61. The number of hydrogen-bond donors (Lipinski definition) is 3. The molecule has 0 bridgehead atoms. The first-order chi connectivity index (χ1) is 10.0. The number of benzene rings is 1. The van der Waals surface area contributed by atoms with Gasteiger partial charge in [0, 0.05) is 31.6 Å². The number of nitrogen functional groups attached to an aromatic ring is 1. The summed E-state index contributed by atoms with van der Waals surface area (Å²) in [6.07, 6.45) is 0.597. The summed E-state index contributed by atoms with van der Waals surface area (Å²) in [5.74, 6) is -0.861. The number of aromatic nitrogens is 2. The van der Waals surface area contributed by atoms with Crippen LogP contribution in [-0.4, -0.2) is 26.5 Å². The highest BCUT2D eigenvalue weighted by molar-refractivity contribution is 5.34. The number of rotatable bonds is 2. The van der Waals surface area contributed by atoms with E-state index < -0.39 is 5.82 Å². The molecule has 0 fully saturated rings. The summed E-state index contributed by atoms with van der Waals surface area (Å²) in [6.45, 7) is 1.43. The minimum atomic E-state index is -0.641. The van der Waals surface area contributed by atoms with Gasteiger partial charge < -0.3 is 10.8 Å². The van der Waals surface area contributed by atoms with Crippen LogP contribution in [0.4, 0.5) is 10.3 Å². The second kappa shape index (κ2) is 5.17. The van der Waals surface area contributed by atoms with Crippen molar-refractivity contribution in [3.63, 3.8) is 0 Å². The molecule has 110 valence electrons. The van der Waals surface area contributed by atoms with Gasteiger partial charge in [0.25, 0.3) is 5.56 Å². The molecule has 0 radical (unpaired) electrons. The maximum atomic E-state index is 13.3. The van der Waals surface area contributed by atoms with Crippen LogP contribution in [0.1, 0.15) is 16.8 Å². The third-order valence-corrected chi connectivity index (χ3v) is 3.63. The van der Waals surface area contributed by atoms with E-state index in [1.54, 1.807) is 12.1 Å². The number of nitrogens with zero attached hydrogens (tertiary/aromatic N) is 2. The molecule has 2 heterocycles. The number of hydrogen-bond acceptors (Lipinski definition) is 5. The highest BCUT2D eigenvalue weighted by Crippen LogP contribution is 2.24. The average molecular weight is 290 g/mol. The summed E-state index contributed by atoms with van der Waals surface area (Å²) < 4.78 is 13.3. The number of H-pyrrole nitrogens is 1. The van der Waals surface area contributed by atoms with E-state index in [4.69, 9.17) is 5.73 Å². The van der Waals surface area contributed by atoms with Crippen LogP contribution in [0.3, 0.4) is 0 Å². The molecule has 7 heteroatoms. The minimum absolute atomic E-state index is 0.120. The average Bonchev–Trinajstić information content (AvgIpc) is 2.44. The molecule has 1 aliphatic rings. The van der Waals surface area contributed by atoms with E-state index in [2.05, 4.69) is 9.97 Å². The number of anilines is 1. The summed E-state index contributed by atoms with van der Waals surface area (Å²) in [6, 6.07) is 4.43.